The van der Waals surface area contributed by atoms with Crippen molar-refractivity contribution < 1.29 is 19.4 Å². The maximum Gasteiger partial charge on any atom is 0.339 e. The van der Waals surface area contributed by atoms with Crippen LogP contribution in [0.3, 0.4) is 0 Å². The molecule has 0 radical (unpaired) electrons. The van der Waals surface area contributed by atoms with E-state index in [1.807, 2.05) is 55.7 Å². The highest BCUT2D eigenvalue weighted by atomic mass is 16.6. The molecule has 2 aromatic rings. The fraction of sp³-hybridized carbons (Fsp3) is 0.250. The van der Waals surface area contributed by atoms with E-state index in [4.69, 9.17) is 21.1 Å². The first-order valence-electron chi connectivity index (χ1n) is 10.5. The zero-order chi connectivity index (χ0) is 25.1. The second-order valence-electron chi connectivity index (χ2n) is 7.72. The number of nitrogens with two attached hydrogens (primary N) is 1. The van der Waals surface area contributed by atoms with E-state index in [2.05, 4.69) is 22.3 Å². The topological polar surface area (TPSA) is 162 Å². The Labute approximate surface area is 198 Å². The number of amidine groups is 1. The molecule has 1 amide bonds. The molecule has 34 heavy (non-hydrogen) atoms. The molecule has 1 heterocycles. The number of nitrogens with zero attached hydrogens (tertiary/aromatic N) is 1. The molecule has 3 rings (SSSR count). The van der Waals surface area contributed by atoms with E-state index in [0.717, 1.165) is 17.7 Å². The molecule has 0 atom stereocenters. The Hall–Kier alpha value is -4.02. The van der Waals surface area contributed by atoms with Gasteiger partial charge >= 0.3 is 5.97 Å². The smallest absolute Gasteiger partial charge is 0.339 e. The van der Waals surface area contributed by atoms with Gasteiger partial charge in [-0.3, -0.25) is 15.6 Å². The van der Waals surface area contributed by atoms with Crippen LogP contribution in [-0.4, -0.2) is 42.8 Å². The molecular formula is C24H30N6O4. The number of esters is 1. The summed E-state index contributed by atoms with van der Waals surface area (Å²) in [7, 11) is 0. The highest BCUT2D eigenvalue weighted by Gasteiger charge is 2.37. The van der Waals surface area contributed by atoms with Crippen LogP contribution in [0, 0.1) is 5.41 Å². The van der Waals surface area contributed by atoms with Crippen LogP contribution in [0.5, 0.6) is 0 Å². The number of carbonyl (C=O) groups is 2. The Morgan fingerprint density at radius 2 is 1.97 bits per heavy atom. The molecule has 0 aromatic heterocycles. The van der Waals surface area contributed by atoms with Gasteiger partial charge in [-0.25, -0.2) is 15.6 Å². The summed E-state index contributed by atoms with van der Waals surface area (Å²) in [6.45, 7) is 7.36. The van der Waals surface area contributed by atoms with Gasteiger partial charge in [-0.15, -0.1) is 0 Å². The predicted molar refractivity (Wildman–Crippen MR) is 131 cm³/mol. The molecule has 0 fully saturated rings. The van der Waals surface area contributed by atoms with Crippen LogP contribution in [0.2, 0.25) is 0 Å². The lowest BCUT2D eigenvalue weighted by Crippen LogP contribution is -2.34. The maximum atomic E-state index is 11.8. The highest BCUT2D eigenvalue weighted by molar-refractivity contribution is 6.20. The van der Waals surface area contributed by atoms with E-state index in [9.17, 15) is 9.59 Å². The van der Waals surface area contributed by atoms with Crippen molar-refractivity contribution in [3.63, 3.8) is 0 Å². The van der Waals surface area contributed by atoms with Crippen molar-refractivity contribution in [3.05, 3.63) is 77.0 Å². The van der Waals surface area contributed by atoms with Crippen LogP contribution < -0.4 is 21.9 Å². The third kappa shape index (κ3) is 6.99. The number of carbonyl (C=O) groups excluding carboxylic acids is 2. The van der Waals surface area contributed by atoms with Crippen LogP contribution in [0.15, 0.2) is 65.3 Å². The highest BCUT2D eigenvalue weighted by Crippen LogP contribution is 2.37. The van der Waals surface area contributed by atoms with E-state index >= 15 is 0 Å². The minimum atomic E-state index is -0.672. The third-order valence-electron chi connectivity index (χ3n) is 4.91. The van der Waals surface area contributed by atoms with Gasteiger partial charge in [-0.05, 0) is 50.7 Å². The van der Waals surface area contributed by atoms with E-state index in [1.165, 1.54) is 11.8 Å². The van der Waals surface area contributed by atoms with Crippen LogP contribution in [0.25, 0.3) is 0 Å². The lowest BCUT2D eigenvalue weighted by molar-refractivity contribution is -0.117. The van der Waals surface area contributed by atoms with Crippen LogP contribution in [0.4, 0.5) is 5.69 Å². The number of hydrogen-bond acceptors (Lipinski definition) is 8. The quantitative estimate of drug-likeness (QED) is 0.0398. The molecule has 0 bridgehead atoms. The van der Waals surface area contributed by atoms with Gasteiger partial charge in [-0.2, -0.15) is 0 Å². The summed E-state index contributed by atoms with van der Waals surface area (Å²) >= 11 is 0. The number of amides is 1. The van der Waals surface area contributed by atoms with Crippen molar-refractivity contribution in [3.8, 4) is 0 Å². The molecule has 180 valence electrons. The standard InChI is InChI=1S/C16H20N6O3.C8H10O/c1-16(2)12-6-9(4-5-10(12)15(24)25-16)21-8-20-7-11(13(17)19-3)14(23)22-18;9-7-6-8-4-2-1-3-5-8/h4-7,17,20-21H,3,8,18H2,1-2H3,(H,22,23);1-5,9H,6-7H2/b11-7+,17-13?;. The second kappa shape index (κ2) is 12.3. The number of aliphatic hydroxyl groups excluding tert-OH is 1. The number of hydrogen-bond donors (Lipinski definition) is 6. The fourth-order valence-corrected chi connectivity index (χ4v) is 3.16. The fourth-order valence-electron chi connectivity index (χ4n) is 3.16. The zero-order valence-corrected chi connectivity index (χ0v) is 19.2. The molecule has 0 saturated heterocycles. The predicted octanol–water partition coefficient (Wildman–Crippen LogP) is 1.82. The van der Waals surface area contributed by atoms with E-state index in [1.54, 1.807) is 12.1 Å². The normalized spacial score (nSPS) is 13.5. The second-order valence-corrected chi connectivity index (χ2v) is 7.72. The average molecular weight is 467 g/mol. The molecule has 0 unspecified atom stereocenters. The first-order chi connectivity index (χ1) is 16.2. The Morgan fingerprint density at radius 3 is 2.59 bits per heavy atom. The molecule has 0 saturated carbocycles. The Balaban J connectivity index is 0.000000379. The van der Waals surface area contributed by atoms with Gasteiger partial charge in [0.15, 0.2) is 5.84 Å². The largest absolute Gasteiger partial charge is 0.451 e. The Kier molecular flexibility index (Phi) is 9.48. The molecule has 10 nitrogen and oxygen atoms in total. The van der Waals surface area contributed by atoms with E-state index in [-0.39, 0.29) is 30.7 Å². The Bertz CT molecular complexity index is 1070. The minimum Gasteiger partial charge on any atom is -0.451 e. The van der Waals surface area contributed by atoms with Gasteiger partial charge < -0.3 is 20.5 Å². The van der Waals surface area contributed by atoms with Crippen molar-refractivity contribution in [2.24, 2.45) is 10.8 Å². The first kappa shape index (κ1) is 26.2. The van der Waals surface area contributed by atoms with E-state index in [0.29, 0.717) is 5.56 Å². The van der Waals surface area contributed by atoms with Crippen LogP contribution in [0.1, 0.15) is 35.3 Å². The molecule has 2 aromatic carbocycles. The third-order valence-corrected chi connectivity index (χ3v) is 4.91. The van der Waals surface area contributed by atoms with Crippen LogP contribution in [-0.2, 0) is 21.6 Å². The molecular weight excluding hydrogens is 436 g/mol. The first-order valence-corrected chi connectivity index (χ1v) is 10.5. The number of aliphatic hydroxyl groups is 1. The summed E-state index contributed by atoms with van der Waals surface area (Å²) in [6, 6.07) is 15.2. The number of benzene rings is 2. The summed E-state index contributed by atoms with van der Waals surface area (Å²) < 4.78 is 5.32. The number of nitrogens with one attached hydrogen (secondary N) is 4. The van der Waals surface area contributed by atoms with Crippen molar-refractivity contribution in [1.29, 1.82) is 5.41 Å². The van der Waals surface area contributed by atoms with Gasteiger partial charge in [0.2, 0.25) is 0 Å². The number of cyclic esters (lactones) is 1. The zero-order valence-electron chi connectivity index (χ0n) is 19.2. The van der Waals surface area contributed by atoms with Crippen molar-refractivity contribution in [2.45, 2.75) is 25.9 Å². The summed E-state index contributed by atoms with van der Waals surface area (Å²) in [4.78, 5) is 26.7. The summed E-state index contributed by atoms with van der Waals surface area (Å²) in [5.74, 6) is 3.78. The minimum absolute atomic E-state index is 0.0478. The monoisotopic (exact) mass is 466 g/mol. The average Bonchev–Trinajstić information content (AvgIpc) is 3.07. The lowest BCUT2D eigenvalue weighted by Gasteiger charge is -2.18. The summed E-state index contributed by atoms with van der Waals surface area (Å²) in [6.07, 6.45) is 2.08. The molecule has 0 spiro atoms. The van der Waals surface area contributed by atoms with Crippen molar-refractivity contribution >= 4 is 30.1 Å². The van der Waals surface area contributed by atoms with Gasteiger partial charge in [0.25, 0.3) is 5.91 Å². The number of anilines is 1. The summed E-state index contributed by atoms with van der Waals surface area (Å²) in [5.41, 5.74) is 4.54. The van der Waals surface area contributed by atoms with Crippen molar-refractivity contribution in [2.75, 3.05) is 18.6 Å². The molecule has 0 aliphatic carbocycles. The number of hydrazine groups is 1. The van der Waals surface area contributed by atoms with Crippen LogP contribution >= 0.6 is 0 Å². The van der Waals surface area contributed by atoms with Gasteiger partial charge in [-0.1, -0.05) is 30.3 Å². The number of rotatable bonds is 8. The molecule has 10 heteroatoms. The number of fused-ring (bicyclic) bond motifs is 1. The lowest BCUT2D eigenvalue weighted by atomic mass is 9.95. The van der Waals surface area contributed by atoms with Gasteiger partial charge in [0.05, 0.1) is 12.2 Å². The van der Waals surface area contributed by atoms with E-state index < -0.39 is 11.5 Å². The number of aliphatic imine (C=N–C) groups is 1. The molecule has 7 N–H and O–H groups in total. The number of ether oxygens (including phenoxy) is 1. The molecule has 1 aliphatic heterocycles. The maximum absolute atomic E-state index is 11.8. The van der Waals surface area contributed by atoms with Gasteiger partial charge in [0.1, 0.15) is 11.2 Å². The molecule has 1 aliphatic rings. The summed E-state index contributed by atoms with van der Waals surface area (Å²) in [5, 5.41) is 22.0. The SMILES string of the molecule is C=NC(=N)/C(=C\NCNc1ccc2c(c1)C(C)(C)OC2=O)C(=O)NN.OCCc1ccccc1. The Morgan fingerprint density at radius 1 is 1.26 bits per heavy atom. The van der Waals surface area contributed by atoms with Gasteiger partial charge in [0, 0.05) is 24.1 Å². The van der Waals surface area contributed by atoms with Crippen molar-refractivity contribution in [1.82, 2.24) is 10.7 Å².